The number of fused-ring (bicyclic) bond motifs is 1. The quantitative estimate of drug-likeness (QED) is 0.445. The Labute approximate surface area is 171 Å². The van der Waals surface area contributed by atoms with Crippen LogP contribution in [-0.2, 0) is 16.3 Å². The van der Waals surface area contributed by atoms with Crippen LogP contribution in [0.2, 0.25) is 5.02 Å². The predicted molar refractivity (Wildman–Crippen MR) is 110 cm³/mol. The van der Waals surface area contributed by atoms with Crippen molar-refractivity contribution in [2.75, 3.05) is 6.26 Å². The molecule has 6 nitrogen and oxygen atoms in total. The van der Waals surface area contributed by atoms with Gasteiger partial charge in [-0.05, 0) is 41.3 Å². The first-order chi connectivity index (χ1) is 13.4. The summed E-state index contributed by atoms with van der Waals surface area (Å²) in [5, 5.41) is 1.31. The average molecular weight is 431 g/mol. The fourth-order valence-electron chi connectivity index (χ4n) is 2.77. The fourth-order valence-corrected chi connectivity index (χ4v) is 4.33. The highest BCUT2D eigenvalue weighted by atomic mass is 35.5. The molecule has 4 rings (SSSR count). The second-order valence-corrected chi connectivity index (χ2v) is 9.63. The maximum Gasteiger partial charge on any atom is 0.246 e. The summed E-state index contributed by atoms with van der Waals surface area (Å²) >= 11 is 7.72. The summed E-state index contributed by atoms with van der Waals surface area (Å²) in [6.07, 6.45) is 8.33. The summed E-state index contributed by atoms with van der Waals surface area (Å²) in [5.74, 6) is 0. The molecule has 0 radical (unpaired) electrons. The van der Waals surface area contributed by atoms with E-state index < -0.39 is 9.84 Å². The monoisotopic (exact) mass is 430 g/mol. The number of rotatable bonds is 5. The normalized spacial score (nSPS) is 11.8. The van der Waals surface area contributed by atoms with Gasteiger partial charge in [0.05, 0.1) is 5.02 Å². The number of sulfone groups is 1. The van der Waals surface area contributed by atoms with Crippen LogP contribution in [0.3, 0.4) is 0 Å². The minimum Gasteiger partial charge on any atom is -0.270 e. The van der Waals surface area contributed by atoms with Gasteiger partial charge in [0.2, 0.25) is 15.0 Å². The first kappa shape index (κ1) is 18.9. The number of nitrogens with zero attached hydrogens (tertiary/aromatic N) is 4. The van der Waals surface area contributed by atoms with E-state index in [2.05, 4.69) is 15.0 Å². The number of halogens is 1. The van der Waals surface area contributed by atoms with E-state index in [1.54, 1.807) is 18.1 Å². The second-order valence-electron chi connectivity index (χ2n) is 6.23. The fraction of sp³-hybridized carbons (Fsp3) is 0.105. The molecule has 9 heteroatoms. The van der Waals surface area contributed by atoms with Gasteiger partial charge in [-0.1, -0.05) is 29.8 Å². The molecule has 0 aliphatic heterocycles. The van der Waals surface area contributed by atoms with Crippen molar-refractivity contribution in [2.45, 2.75) is 16.5 Å². The zero-order valence-corrected chi connectivity index (χ0v) is 17.2. The average Bonchev–Trinajstić information content (AvgIpc) is 2.99. The molecule has 4 aromatic rings. The van der Waals surface area contributed by atoms with Crippen LogP contribution in [0.1, 0.15) is 11.1 Å². The van der Waals surface area contributed by atoms with E-state index >= 15 is 0 Å². The largest absolute Gasteiger partial charge is 0.270 e. The zero-order chi connectivity index (χ0) is 19.7. The van der Waals surface area contributed by atoms with Gasteiger partial charge < -0.3 is 0 Å². The lowest BCUT2D eigenvalue weighted by atomic mass is 10.1. The topological polar surface area (TPSA) is 77.7 Å². The maximum absolute atomic E-state index is 11.5. The van der Waals surface area contributed by atoms with Gasteiger partial charge in [-0.2, -0.15) is 0 Å². The molecule has 0 saturated heterocycles. The molecular formula is C19H15ClN4O2S2. The van der Waals surface area contributed by atoms with Crippen LogP contribution in [0.5, 0.6) is 0 Å². The SMILES string of the molecule is CS(=O)(=O)c1ncc(Cc2cn(Sc3ccccc3)c3ncc(Cl)cc23)cn1. The van der Waals surface area contributed by atoms with E-state index in [0.717, 1.165) is 33.3 Å². The van der Waals surface area contributed by atoms with Crippen molar-refractivity contribution in [1.82, 2.24) is 18.9 Å². The molecular weight excluding hydrogens is 416 g/mol. The summed E-state index contributed by atoms with van der Waals surface area (Å²) < 4.78 is 25.1. The molecule has 0 saturated carbocycles. The minimum absolute atomic E-state index is 0.178. The van der Waals surface area contributed by atoms with Gasteiger partial charge in [0.15, 0.2) is 5.65 Å². The summed E-state index contributed by atoms with van der Waals surface area (Å²) in [4.78, 5) is 13.5. The van der Waals surface area contributed by atoms with Gasteiger partial charge >= 0.3 is 0 Å². The van der Waals surface area contributed by atoms with Gasteiger partial charge in [-0.15, -0.1) is 0 Å². The van der Waals surface area contributed by atoms with Crippen LogP contribution >= 0.6 is 23.5 Å². The van der Waals surface area contributed by atoms with Crippen LogP contribution in [0.15, 0.2) is 71.2 Å². The number of aromatic nitrogens is 4. The van der Waals surface area contributed by atoms with Crippen molar-refractivity contribution in [2.24, 2.45) is 0 Å². The Bertz CT molecular complexity index is 1240. The second kappa shape index (κ2) is 7.54. The van der Waals surface area contributed by atoms with E-state index in [1.165, 1.54) is 12.4 Å². The Morgan fingerprint density at radius 1 is 1.07 bits per heavy atom. The third kappa shape index (κ3) is 4.04. The first-order valence-electron chi connectivity index (χ1n) is 8.30. The number of benzene rings is 1. The Hall–Kier alpha value is -2.42. The Morgan fingerprint density at radius 3 is 2.46 bits per heavy atom. The highest BCUT2D eigenvalue weighted by Crippen LogP contribution is 2.30. The minimum atomic E-state index is -3.42. The van der Waals surface area contributed by atoms with E-state index in [9.17, 15) is 8.42 Å². The smallest absolute Gasteiger partial charge is 0.246 e. The number of pyridine rings is 1. The van der Waals surface area contributed by atoms with Gasteiger partial charge in [0.1, 0.15) is 0 Å². The number of hydrogen-bond donors (Lipinski definition) is 0. The molecule has 142 valence electrons. The molecule has 3 aromatic heterocycles. The van der Waals surface area contributed by atoms with Crippen molar-refractivity contribution in [3.05, 3.63) is 77.3 Å². The highest BCUT2D eigenvalue weighted by Gasteiger charge is 2.14. The first-order valence-corrected chi connectivity index (χ1v) is 11.3. The Morgan fingerprint density at radius 2 is 1.79 bits per heavy atom. The Balaban J connectivity index is 1.71. The maximum atomic E-state index is 11.5. The van der Waals surface area contributed by atoms with Crippen LogP contribution < -0.4 is 0 Å². The molecule has 0 N–H and O–H groups in total. The molecule has 0 fully saturated rings. The zero-order valence-electron chi connectivity index (χ0n) is 14.8. The molecule has 0 spiro atoms. The molecule has 0 bridgehead atoms. The standard InChI is InChI=1S/C19H15ClN4O2S2/c1-28(25,26)19-22-9-13(10-23-19)7-14-12-24(27-16-5-3-2-4-6-16)18-17(14)8-15(20)11-21-18/h2-6,8-12H,7H2,1H3. The van der Waals surface area contributed by atoms with Gasteiger partial charge in [-0.25, -0.2) is 23.4 Å². The summed E-state index contributed by atoms with van der Waals surface area (Å²) in [6, 6.07) is 11.9. The lowest BCUT2D eigenvalue weighted by Crippen LogP contribution is -2.04. The van der Waals surface area contributed by atoms with E-state index in [4.69, 9.17) is 11.6 Å². The van der Waals surface area contributed by atoms with Crippen molar-refractivity contribution in [3.8, 4) is 0 Å². The van der Waals surface area contributed by atoms with E-state index in [-0.39, 0.29) is 5.16 Å². The molecule has 0 unspecified atom stereocenters. The molecule has 3 heterocycles. The number of hydrogen-bond acceptors (Lipinski definition) is 6. The lowest BCUT2D eigenvalue weighted by Gasteiger charge is -2.03. The van der Waals surface area contributed by atoms with Gasteiger partial charge in [0.25, 0.3) is 0 Å². The molecule has 28 heavy (non-hydrogen) atoms. The molecule has 0 amide bonds. The third-order valence-electron chi connectivity index (χ3n) is 4.02. The van der Waals surface area contributed by atoms with Crippen molar-refractivity contribution in [3.63, 3.8) is 0 Å². The lowest BCUT2D eigenvalue weighted by molar-refractivity contribution is 0.592. The summed E-state index contributed by atoms with van der Waals surface area (Å²) in [5.41, 5.74) is 2.61. The van der Waals surface area contributed by atoms with Crippen molar-refractivity contribution >= 4 is 44.4 Å². The van der Waals surface area contributed by atoms with Crippen molar-refractivity contribution < 1.29 is 8.42 Å². The predicted octanol–water partition coefficient (Wildman–Crippen LogP) is 4.03. The van der Waals surface area contributed by atoms with Gasteiger partial charge in [0, 0.05) is 47.7 Å². The van der Waals surface area contributed by atoms with E-state index in [0.29, 0.717) is 11.4 Å². The van der Waals surface area contributed by atoms with Crippen LogP contribution in [0, 0.1) is 0 Å². The molecule has 0 atom stereocenters. The highest BCUT2D eigenvalue weighted by molar-refractivity contribution is 7.98. The van der Waals surface area contributed by atoms with Crippen LogP contribution in [0.25, 0.3) is 11.0 Å². The third-order valence-corrected chi connectivity index (χ3v) is 6.05. The van der Waals surface area contributed by atoms with E-state index in [1.807, 2.05) is 46.6 Å². The van der Waals surface area contributed by atoms with Gasteiger partial charge in [-0.3, -0.25) is 3.97 Å². The van der Waals surface area contributed by atoms with Crippen molar-refractivity contribution in [1.29, 1.82) is 0 Å². The molecule has 1 aromatic carbocycles. The van der Waals surface area contributed by atoms with Crippen LogP contribution in [-0.4, -0.2) is 33.6 Å². The van der Waals surface area contributed by atoms with Crippen LogP contribution in [0.4, 0.5) is 0 Å². The molecule has 0 aliphatic carbocycles. The summed E-state index contributed by atoms with van der Waals surface area (Å²) in [7, 11) is -3.42. The summed E-state index contributed by atoms with van der Waals surface area (Å²) in [6.45, 7) is 0. The molecule has 0 aliphatic rings. The Kier molecular flexibility index (Phi) is 5.09.